The van der Waals surface area contributed by atoms with Gasteiger partial charge in [0, 0.05) is 32.4 Å². The van der Waals surface area contributed by atoms with Crippen molar-refractivity contribution >= 4 is 15.9 Å². The summed E-state index contributed by atoms with van der Waals surface area (Å²) < 4.78 is 30.6. The molecule has 2 heterocycles. The molecule has 112 valence electrons. The minimum atomic E-state index is -3.48. The summed E-state index contributed by atoms with van der Waals surface area (Å²) in [7, 11) is -2.02. The van der Waals surface area contributed by atoms with Gasteiger partial charge in [-0.2, -0.15) is 9.40 Å². The van der Waals surface area contributed by atoms with E-state index in [0.29, 0.717) is 25.9 Å². The number of sulfonamides is 1. The van der Waals surface area contributed by atoms with Gasteiger partial charge in [-0.15, -0.1) is 0 Å². The summed E-state index contributed by atoms with van der Waals surface area (Å²) in [5.74, 6) is -0.177. The predicted molar refractivity (Wildman–Crippen MR) is 70.4 cm³/mol. The van der Waals surface area contributed by atoms with E-state index in [-0.39, 0.29) is 23.5 Å². The molecular weight excluding hydrogens is 284 g/mol. The highest BCUT2D eigenvalue weighted by molar-refractivity contribution is 7.89. The van der Waals surface area contributed by atoms with Gasteiger partial charge < -0.3 is 10.1 Å². The number of hydrogen-bond acceptors (Lipinski definition) is 5. The fourth-order valence-corrected chi connectivity index (χ4v) is 3.55. The molecule has 0 aliphatic carbocycles. The summed E-state index contributed by atoms with van der Waals surface area (Å²) in [6.45, 7) is 0.782. The molecule has 1 saturated heterocycles. The van der Waals surface area contributed by atoms with Gasteiger partial charge in [0.15, 0.2) is 0 Å². The number of hydrogen-bond donors (Lipinski definition) is 2. The minimum absolute atomic E-state index is 0.00607. The van der Waals surface area contributed by atoms with Crippen molar-refractivity contribution in [3.05, 3.63) is 12.4 Å². The number of aromatic amines is 1. The van der Waals surface area contributed by atoms with E-state index < -0.39 is 10.0 Å². The fraction of sp³-hybridized carbons (Fsp3) is 0.636. The lowest BCUT2D eigenvalue weighted by Crippen LogP contribution is -2.47. The number of rotatable bonds is 5. The zero-order chi connectivity index (χ0) is 14.6. The van der Waals surface area contributed by atoms with Crippen LogP contribution in [0.25, 0.3) is 0 Å². The Morgan fingerprint density at radius 2 is 2.25 bits per heavy atom. The fourth-order valence-electron chi connectivity index (χ4n) is 2.17. The van der Waals surface area contributed by atoms with Crippen molar-refractivity contribution in [3.63, 3.8) is 0 Å². The maximum Gasteiger partial charge on any atom is 0.246 e. The molecule has 2 N–H and O–H groups in total. The Kier molecular flexibility index (Phi) is 4.73. The Bertz CT molecular complexity index is 535. The van der Waals surface area contributed by atoms with Gasteiger partial charge in [-0.3, -0.25) is 9.89 Å². The van der Waals surface area contributed by atoms with Gasteiger partial charge in [-0.05, 0) is 12.8 Å². The topological polar surface area (TPSA) is 104 Å². The molecule has 1 aromatic heterocycles. The molecule has 0 aromatic carbocycles. The van der Waals surface area contributed by atoms with Crippen LogP contribution in [0.15, 0.2) is 17.3 Å². The third-order valence-corrected chi connectivity index (χ3v) is 5.07. The van der Waals surface area contributed by atoms with Gasteiger partial charge in [0.2, 0.25) is 15.9 Å². The van der Waals surface area contributed by atoms with Crippen LogP contribution in [0.3, 0.4) is 0 Å². The first kappa shape index (κ1) is 14.9. The van der Waals surface area contributed by atoms with Crippen LogP contribution in [-0.2, 0) is 19.6 Å². The first-order valence-corrected chi connectivity index (χ1v) is 7.75. The summed E-state index contributed by atoms with van der Waals surface area (Å²) in [6.07, 6.45) is 3.84. The van der Waals surface area contributed by atoms with E-state index in [1.54, 1.807) is 0 Å². The van der Waals surface area contributed by atoms with E-state index in [4.69, 9.17) is 4.74 Å². The maximum absolute atomic E-state index is 12.2. The normalized spacial score (nSPS) is 18.1. The van der Waals surface area contributed by atoms with Crippen LogP contribution in [0.4, 0.5) is 0 Å². The molecule has 1 aliphatic rings. The van der Waals surface area contributed by atoms with Crippen LogP contribution in [0.5, 0.6) is 0 Å². The quantitative estimate of drug-likeness (QED) is 0.750. The van der Waals surface area contributed by atoms with Gasteiger partial charge in [0.05, 0.1) is 6.20 Å². The van der Waals surface area contributed by atoms with Crippen molar-refractivity contribution in [2.45, 2.75) is 23.8 Å². The van der Waals surface area contributed by atoms with Gasteiger partial charge in [-0.1, -0.05) is 0 Å². The van der Waals surface area contributed by atoms with Crippen molar-refractivity contribution in [3.8, 4) is 0 Å². The third kappa shape index (κ3) is 3.35. The summed E-state index contributed by atoms with van der Waals surface area (Å²) in [5, 5.41) is 8.98. The van der Waals surface area contributed by atoms with Gasteiger partial charge in [0.1, 0.15) is 11.5 Å². The first-order chi connectivity index (χ1) is 9.54. The minimum Gasteiger partial charge on any atom is -0.375 e. The molecule has 0 atom stereocenters. The van der Waals surface area contributed by atoms with Crippen molar-refractivity contribution in [1.29, 1.82) is 0 Å². The second-order valence-electron chi connectivity index (χ2n) is 4.61. The molecule has 20 heavy (non-hydrogen) atoms. The molecule has 0 spiro atoms. The largest absolute Gasteiger partial charge is 0.375 e. The highest BCUT2D eigenvalue weighted by atomic mass is 32.2. The molecule has 1 amide bonds. The van der Waals surface area contributed by atoms with E-state index >= 15 is 0 Å². The van der Waals surface area contributed by atoms with E-state index in [9.17, 15) is 13.2 Å². The number of piperidine rings is 1. The molecule has 0 radical (unpaired) electrons. The van der Waals surface area contributed by atoms with Crippen molar-refractivity contribution in [1.82, 2.24) is 19.8 Å². The summed E-state index contributed by atoms with van der Waals surface area (Å²) in [4.78, 5) is 11.6. The Labute approximate surface area is 117 Å². The molecule has 0 bridgehead atoms. The zero-order valence-corrected chi connectivity index (χ0v) is 12.0. The SMILES string of the molecule is COCC(=O)NC1CCN(S(=O)(=O)c2cn[nH]c2)CC1. The molecule has 8 nitrogen and oxygen atoms in total. The van der Waals surface area contributed by atoms with Gasteiger partial charge in [-0.25, -0.2) is 8.42 Å². The molecule has 0 unspecified atom stereocenters. The van der Waals surface area contributed by atoms with Crippen molar-refractivity contribution in [2.24, 2.45) is 0 Å². The monoisotopic (exact) mass is 302 g/mol. The Morgan fingerprint density at radius 3 is 2.80 bits per heavy atom. The molecule has 1 aliphatic heterocycles. The molecule has 9 heteroatoms. The number of methoxy groups -OCH3 is 1. The van der Waals surface area contributed by atoms with E-state index in [2.05, 4.69) is 15.5 Å². The Balaban J connectivity index is 1.90. The highest BCUT2D eigenvalue weighted by Crippen LogP contribution is 2.19. The van der Waals surface area contributed by atoms with E-state index in [1.807, 2.05) is 0 Å². The number of amides is 1. The van der Waals surface area contributed by atoms with Crippen molar-refractivity contribution in [2.75, 3.05) is 26.8 Å². The van der Waals surface area contributed by atoms with Crippen LogP contribution in [0.1, 0.15) is 12.8 Å². The number of carbonyl (C=O) groups excluding carboxylic acids is 1. The predicted octanol–water partition coefficient (Wildman–Crippen LogP) is -0.675. The summed E-state index contributed by atoms with van der Waals surface area (Å²) in [6, 6.07) is -0.00607. The number of ether oxygens (including phenoxy) is 1. The van der Waals surface area contributed by atoms with Crippen LogP contribution in [0, 0.1) is 0 Å². The Morgan fingerprint density at radius 1 is 1.55 bits per heavy atom. The standard InChI is InChI=1S/C11H18N4O4S/c1-19-8-11(16)14-9-2-4-15(5-3-9)20(17,18)10-6-12-13-7-10/h6-7,9H,2-5,8H2,1H3,(H,12,13)(H,14,16). The number of H-pyrrole nitrogens is 1. The molecule has 1 aromatic rings. The number of nitrogens with one attached hydrogen (secondary N) is 2. The lowest BCUT2D eigenvalue weighted by molar-refractivity contribution is -0.125. The van der Waals surface area contributed by atoms with Crippen LogP contribution in [0.2, 0.25) is 0 Å². The van der Waals surface area contributed by atoms with Crippen LogP contribution < -0.4 is 5.32 Å². The smallest absolute Gasteiger partial charge is 0.246 e. The van der Waals surface area contributed by atoms with Gasteiger partial charge in [0.25, 0.3) is 0 Å². The van der Waals surface area contributed by atoms with Crippen LogP contribution in [-0.4, -0.2) is 61.7 Å². The first-order valence-electron chi connectivity index (χ1n) is 6.31. The van der Waals surface area contributed by atoms with E-state index in [0.717, 1.165) is 0 Å². The lowest BCUT2D eigenvalue weighted by Gasteiger charge is -2.31. The summed E-state index contributed by atoms with van der Waals surface area (Å²) >= 11 is 0. The Hall–Kier alpha value is -1.45. The maximum atomic E-state index is 12.2. The highest BCUT2D eigenvalue weighted by Gasteiger charge is 2.30. The molecule has 0 saturated carbocycles. The number of nitrogens with zero attached hydrogens (tertiary/aromatic N) is 2. The zero-order valence-electron chi connectivity index (χ0n) is 11.2. The second-order valence-corrected chi connectivity index (χ2v) is 6.55. The molecular formula is C11H18N4O4S. The average molecular weight is 302 g/mol. The number of aromatic nitrogens is 2. The lowest BCUT2D eigenvalue weighted by atomic mass is 10.1. The van der Waals surface area contributed by atoms with E-state index in [1.165, 1.54) is 23.8 Å². The summed E-state index contributed by atoms with van der Waals surface area (Å²) in [5.41, 5.74) is 0. The van der Waals surface area contributed by atoms with Crippen LogP contribution >= 0.6 is 0 Å². The molecule has 1 fully saturated rings. The van der Waals surface area contributed by atoms with Gasteiger partial charge >= 0.3 is 0 Å². The second kappa shape index (κ2) is 6.33. The third-order valence-electron chi connectivity index (χ3n) is 3.21. The molecule has 2 rings (SSSR count). The van der Waals surface area contributed by atoms with Crippen molar-refractivity contribution < 1.29 is 17.9 Å². The average Bonchev–Trinajstić information content (AvgIpc) is 2.94. The number of carbonyl (C=O) groups is 1.